The van der Waals surface area contributed by atoms with E-state index in [1.54, 1.807) is 4.90 Å². The Morgan fingerprint density at radius 2 is 1.72 bits per heavy atom. The van der Waals surface area contributed by atoms with E-state index in [1.807, 2.05) is 0 Å². The standard InChI is InChI=1S/C19H40N4O2/c1-16(2)6-7-23(12-13-24)19(25)20-18(14-17(3)4)15-22-10-8-21(5)9-11-22/h16-18,24H,6-15H2,1-5H3,(H,20,25). The van der Waals surface area contributed by atoms with Crippen LogP contribution in [-0.4, -0.2) is 91.3 Å². The van der Waals surface area contributed by atoms with E-state index in [1.165, 1.54) is 0 Å². The molecule has 0 radical (unpaired) electrons. The van der Waals surface area contributed by atoms with Gasteiger partial charge in [0.2, 0.25) is 0 Å². The summed E-state index contributed by atoms with van der Waals surface area (Å²) in [5, 5.41) is 12.5. The van der Waals surface area contributed by atoms with Crippen LogP contribution in [-0.2, 0) is 0 Å². The molecule has 0 aromatic carbocycles. The summed E-state index contributed by atoms with van der Waals surface area (Å²) in [6.45, 7) is 15.1. The minimum absolute atomic E-state index is 0.0127. The van der Waals surface area contributed by atoms with Crippen LogP contribution in [0.4, 0.5) is 4.79 Å². The van der Waals surface area contributed by atoms with E-state index in [-0.39, 0.29) is 18.7 Å². The van der Waals surface area contributed by atoms with Gasteiger partial charge in [-0.1, -0.05) is 27.7 Å². The van der Waals surface area contributed by atoms with Gasteiger partial charge in [0.05, 0.1) is 6.61 Å². The van der Waals surface area contributed by atoms with E-state index in [2.05, 4.69) is 49.9 Å². The number of amides is 2. The van der Waals surface area contributed by atoms with Crippen molar-refractivity contribution in [3.05, 3.63) is 0 Å². The average molecular weight is 357 g/mol. The summed E-state index contributed by atoms with van der Waals surface area (Å²) in [4.78, 5) is 19.3. The molecule has 148 valence electrons. The molecule has 1 aliphatic heterocycles. The zero-order valence-electron chi connectivity index (χ0n) is 17.0. The van der Waals surface area contributed by atoms with Crippen LogP contribution in [0.5, 0.6) is 0 Å². The lowest BCUT2D eigenvalue weighted by Crippen LogP contribution is -2.53. The number of likely N-dealkylation sites (N-methyl/N-ethyl adjacent to an activating group) is 1. The SMILES string of the molecule is CC(C)CCN(CCO)C(=O)NC(CC(C)C)CN1CCN(C)CC1. The number of urea groups is 1. The van der Waals surface area contributed by atoms with Gasteiger partial charge in [0, 0.05) is 51.9 Å². The van der Waals surface area contributed by atoms with Crippen molar-refractivity contribution in [3.8, 4) is 0 Å². The Morgan fingerprint density at radius 3 is 2.24 bits per heavy atom. The maximum absolute atomic E-state index is 12.7. The molecular weight excluding hydrogens is 316 g/mol. The van der Waals surface area contributed by atoms with Crippen LogP contribution >= 0.6 is 0 Å². The highest BCUT2D eigenvalue weighted by Gasteiger charge is 2.23. The molecule has 25 heavy (non-hydrogen) atoms. The molecule has 1 unspecified atom stereocenters. The zero-order valence-corrected chi connectivity index (χ0v) is 17.0. The van der Waals surface area contributed by atoms with Gasteiger partial charge in [-0.05, 0) is 31.7 Å². The van der Waals surface area contributed by atoms with E-state index in [0.717, 1.165) is 45.6 Å². The number of aliphatic hydroxyl groups is 1. The van der Waals surface area contributed by atoms with Crippen molar-refractivity contribution < 1.29 is 9.90 Å². The van der Waals surface area contributed by atoms with Gasteiger partial charge in [0.15, 0.2) is 0 Å². The fraction of sp³-hybridized carbons (Fsp3) is 0.947. The van der Waals surface area contributed by atoms with E-state index < -0.39 is 0 Å². The number of nitrogens with zero attached hydrogens (tertiary/aromatic N) is 3. The first-order valence-corrected chi connectivity index (χ1v) is 9.89. The minimum Gasteiger partial charge on any atom is -0.395 e. The number of rotatable bonds is 10. The number of piperazine rings is 1. The molecule has 2 N–H and O–H groups in total. The maximum atomic E-state index is 12.7. The van der Waals surface area contributed by atoms with Crippen LogP contribution < -0.4 is 5.32 Å². The molecule has 0 aromatic heterocycles. The van der Waals surface area contributed by atoms with Crippen molar-refractivity contribution in [2.24, 2.45) is 11.8 Å². The van der Waals surface area contributed by atoms with Crippen LogP contribution in [0.2, 0.25) is 0 Å². The van der Waals surface area contributed by atoms with Gasteiger partial charge in [-0.15, -0.1) is 0 Å². The lowest BCUT2D eigenvalue weighted by molar-refractivity contribution is 0.132. The van der Waals surface area contributed by atoms with Crippen molar-refractivity contribution in [3.63, 3.8) is 0 Å². The summed E-state index contributed by atoms with van der Waals surface area (Å²) in [5.41, 5.74) is 0. The highest BCUT2D eigenvalue weighted by molar-refractivity contribution is 5.74. The Morgan fingerprint density at radius 1 is 1.08 bits per heavy atom. The summed E-state index contributed by atoms with van der Waals surface area (Å²) in [5.74, 6) is 1.09. The number of aliphatic hydroxyl groups excluding tert-OH is 1. The van der Waals surface area contributed by atoms with Gasteiger partial charge >= 0.3 is 6.03 Å². The Balaban J connectivity index is 2.59. The molecule has 6 heteroatoms. The number of hydrogen-bond donors (Lipinski definition) is 2. The summed E-state index contributed by atoms with van der Waals surface area (Å²) in [6, 6.07) is 0.130. The first-order valence-electron chi connectivity index (χ1n) is 9.89. The normalized spacial score (nSPS) is 17.9. The Labute approximate surface area is 154 Å². The first kappa shape index (κ1) is 22.2. The molecule has 0 bridgehead atoms. The van der Waals surface area contributed by atoms with Crippen LogP contribution in [0.3, 0.4) is 0 Å². The second kappa shape index (κ2) is 11.7. The third-order valence-electron chi connectivity index (χ3n) is 4.79. The van der Waals surface area contributed by atoms with E-state index >= 15 is 0 Å². The van der Waals surface area contributed by atoms with E-state index in [4.69, 9.17) is 0 Å². The van der Waals surface area contributed by atoms with Crippen molar-refractivity contribution in [2.45, 2.75) is 46.6 Å². The molecule has 0 aliphatic carbocycles. The Hall–Kier alpha value is -0.850. The highest BCUT2D eigenvalue weighted by Crippen LogP contribution is 2.10. The predicted molar refractivity (Wildman–Crippen MR) is 104 cm³/mol. The number of nitrogens with one attached hydrogen (secondary N) is 1. The maximum Gasteiger partial charge on any atom is 0.317 e. The van der Waals surface area contributed by atoms with Crippen molar-refractivity contribution in [1.29, 1.82) is 0 Å². The van der Waals surface area contributed by atoms with Crippen LogP contribution in [0, 0.1) is 11.8 Å². The lowest BCUT2D eigenvalue weighted by Gasteiger charge is -2.36. The quantitative estimate of drug-likeness (QED) is 0.625. The van der Waals surface area contributed by atoms with Gasteiger partial charge in [-0.2, -0.15) is 0 Å². The minimum atomic E-state index is -0.0329. The lowest BCUT2D eigenvalue weighted by atomic mass is 10.0. The van der Waals surface area contributed by atoms with Crippen molar-refractivity contribution >= 4 is 6.03 Å². The summed E-state index contributed by atoms with van der Waals surface area (Å²) in [6.07, 6.45) is 1.94. The van der Waals surface area contributed by atoms with Gasteiger partial charge in [0.1, 0.15) is 0 Å². The van der Waals surface area contributed by atoms with E-state index in [9.17, 15) is 9.90 Å². The highest BCUT2D eigenvalue weighted by atomic mass is 16.3. The number of hydrogen-bond acceptors (Lipinski definition) is 4. The van der Waals surface area contributed by atoms with E-state index in [0.29, 0.717) is 24.9 Å². The fourth-order valence-electron chi connectivity index (χ4n) is 3.21. The molecule has 1 heterocycles. The van der Waals surface area contributed by atoms with Gasteiger partial charge in [-0.3, -0.25) is 4.90 Å². The molecule has 6 nitrogen and oxygen atoms in total. The van der Waals surface area contributed by atoms with Gasteiger partial charge in [0.25, 0.3) is 0 Å². The van der Waals surface area contributed by atoms with Gasteiger partial charge < -0.3 is 20.2 Å². The third-order valence-corrected chi connectivity index (χ3v) is 4.79. The fourth-order valence-corrected chi connectivity index (χ4v) is 3.21. The topological polar surface area (TPSA) is 59.1 Å². The second-order valence-electron chi connectivity index (χ2n) is 8.27. The molecule has 1 rings (SSSR count). The largest absolute Gasteiger partial charge is 0.395 e. The number of carbonyl (C=O) groups is 1. The predicted octanol–water partition coefficient (Wildman–Crippen LogP) is 1.70. The van der Waals surface area contributed by atoms with Crippen LogP contribution in [0.1, 0.15) is 40.5 Å². The average Bonchev–Trinajstić information content (AvgIpc) is 2.52. The third kappa shape index (κ3) is 9.42. The van der Waals surface area contributed by atoms with Crippen molar-refractivity contribution in [1.82, 2.24) is 20.0 Å². The van der Waals surface area contributed by atoms with Crippen LogP contribution in [0.15, 0.2) is 0 Å². The second-order valence-corrected chi connectivity index (χ2v) is 8.27. The molecule has 0 saturated carbocycles. The molecule has 1 aliphatic rings. The molecule has 1 atom stereocenters. The Bertz CT molecular complexity index is 368. The van der Waals surface area contributed by atoms with Crippen LogP contribution in [0.25, 0.3) is 0 Å². The molecule has 1 saturated heterocycles. The molecule has 0 aromatic rings. The molecule has 1 fully saturated rings. The summed E-state index contributed by atoms with van der Waals surface area (Å²) < 4.78 is 0. The van der Waals surface area contributed by atoms with Crippen molar-refractivity contribution in [2.75, 3.05) is 59.5 Å². The number of carbonyl (C=O) groups excluding carboxylic acids is 1. The molecule has 2 amide bonds. The monoisotopic (exact) mass is 356 g/mol. The van der Waals surface area contributed by atoms with Gasteiger partial charge in [-0.25, -0.2) is 4.79 Å². The summed E-state index contributed by atoms with van der Waals surface area (Å²) in [7, 11) is 2.16. The molecular formula is C19H40N4O2. The first-order chi connectivity index (χ1) is 11.8. The molecule has 0 spiro atoms. The smallest absolute Gasteiger partial charge is 0.317 e. The summed E-state index contributed by atoms with van der Waals surface area (Å²) >= 11 is 0. The Kier molecular flexibility index (Phi) is 10.4. The zero-order chi connectivity index (χ0) is 18.8.